The van der Waals surface area contributed by atoms with E-state index in [0.29, 0.717) is 22.5 Å². The van der Waals surface area contributed by atoms with Crippen molar-refractivity contribution in [2.45, 2.75) is 12.3 Å². The van der Waals surface area contributed by atoms with Crippen LogP contribution in [0.5, 0.6) is 0 Å². The molecule has 4 aromatic rings. The minimum atomic E-state index is -4.56. The van der Waals surface area contributed by atoms with Crippen LogP contribution in [0.1, 0.15) is 22.9 Å². The number of nitrogens with zero attached hydrogens (tertiary/aromatic N) is 2. The molecule has 0 saturated heterocycles. The molecule has 2 aromatic heterocycles. The standard InChI is InChI=1S/C22H15F3N2O/c23-22(24,25)17-10-6-9-15-16(21(28)18-11-4-5-12-26-18)13-19(27-20(15)17)14-7-2-1-3-8-14/h1-13,21,28H. The lowest BCUT2D eigenvalue weighted by molar-refractivity contribution is -0.136. The second kappa shape index (κ2) is 7.05. The molecule has 140 valence electrons. The van der Waals surface area contributed by atoms with E-state index in [0.717, 1.165) is 6.07 Å². The number of aliphatic hydroxyl groups excluding tert-OH is 1. The van der Waals surface area contributed by atoms with Crippen LogP contribution in [0.25, 0.3) is 22.2 Å². The van der Waals surface area contributed by atoms with Crippen LogP contribution in [-0.4, -0.2) is 15.1 Å². The highest BCUT2D eigenvalue weighted by Gasteiger charge is 2.34. The molecule has 0 amide bonds. The fourth-order valence-corrected chi connectivity index (χ4v) is 3.18. The second-order valence-corrected chi connectivity index (χ2v) is 6.32. The summed E-state index contributed by atoms with van der Waals surface area (Å²) in [4.78, 5) is 8.44. The van der Waals surface area contributed by atoms with E-state index < -0.39 is 17.8 Å². The molecule has 0 radical (unpaired) electrons. The summed E-state index contributed by atoms with van der Waals surface area (Å²) in [7, 11) is 0. The molecular formula is C22H15F3N2O. The van der Waals surface area contributed by atoms with E-state index in [-0.39, 0.29) is 10.9 Å². The van der Waals surface area contributed by atoms with Gasteiger partial charge in [-0.3, -0.25) is 4.98 Å². The molecule has 0 bridgehead atoms. The van der Waals surface area contributed by atoms with Crippen LogP contribution in [0.3, 0.4) is 0 Å². The predicted octanol–water partition coefficient (Wildman–Crippen LogP) is 5.40. The van der Waals surface area contributed by atoms with Gasteiger partial charge in [0.15, 0.2) is 0 Å². The van der Waals surface area contributed by atoms with E-state index in [1.54, 1.807) is 48.5 Å². The highest BCUT2D eigenvalue weighted by Crippen LogP contribution is 2.38. The van der Waals surface area contributed by atoms with E-state index in [1.165, 1.54) is 18.3 Å². The second-order valence-electron chi connectivity index (χ2n) is 6.32. The largest absolute Gasteiger partial charge is 0.418 e. The summed E-state index contributed by atoms with van der Waals surface area (Å²) < 4.78 is 40.8. The van der Waals surface area contributed by atoms with Crippen molar-refractivity contribution in [3.63, 3.8) is 0 Å². The summed E-state index contributed by atoms with van der Waals surface area (Å²) in [6.45, 7) is 0. The summed E-state index contributed by atoms with van der Waals surface area (Å²) >= 11 is 0. The monoisotopic (exact) mass is 380 g/mol. The Hall–Kier alpha value is -3.25. The highest BCUT2D eigenvalue weighted by atomic mass is 19.4. The number of aliphatic hydroxyl groups is 1. The zero-order chi connectivity index (χ0) is 19.7. The number of alkyl halides is 3. The van der Waals surface area contributed by atoms with Gasteiger partial charge in [0.05, 0.1) is 22.5 Å². The first kappa shape index (κ1) is 18.1. The molecule has 0 aliphatic heterocycles. The number of pyridine rings is 2. The third-order valence-corrected chi connectivity index (χ3v) is 4.51. The van der Waals surface area contributed by atoms with Crippen molar-refractivity contribution < 1.29 is 18.3 Å². The smallest absolute Gasteiger partial charge is 0.382 e. The molecule has 0 aliphatic rings. The number of aromatic nitrogens is 2. The van der Waals surface area contributed by atoms with E-state index in [4.69, 9.17) is 0 Å². The molecule has 0 fully saturated rings. The predicted molar refractivity (Wildman–Crippen MR) is 100 cm³/mol. The fraction of sp³-hybridized carbons (Fsp3) is 0.0909. The summed E-state index contributed by atoms with van der Waals surface area (Å²) in [6.07, 6.45) is -4.21. The number of rotatable bonds is 3. The maximum absolute atomic E-state index is 13.6. The first-order valence-corrected chi connectivity index (χ1v) is 8.60. The third-order valence-electron chi connectivity index (χ3n) is 4.51. The first-order valence-electron chi connectivity index (χ1n) is 8.60. The Morgan fingerprint density at radius 2 is 1.61 bits per heavy atom. The molecule has 3 nitrogen and oxygen atoms in total. The average molecular weight is 380 g/mol. The van der Waals surface area contributed by atoms with Crippen LogP contribution in [-0.2, 0) is 6.18 Å². The normalized spacial score (nSPS) is 12.9. The Kier molecular flexibility index (Phi) is 4.57. The van der Waals surface area contributed by atoms with Gasteiger partial charge in [-0.1, -0.05) is 48.5 Å². The quantitative estimate of drug-likeness (QED) is 0.518. The molecule has 2 aromatic carbocycles. The highest BCUT2D eigenvalue weighted by molar-refractivity contribution is 5.88. The number of hydrogen-bond acceptors (Lipinski definition) is 3. The number of halogens is 3. The minimum absolute atomic E-state index is 0.193. The van der Waals surface area contributed by atoms with Gasteiger partial charge in [0.25, 0.3) is 0 Å². The molecule has 28 heavy (non-hydrogen) atoms. The SMILES string of the molecule is OC(c1ccccn1)c1cc(-c2ccccc2)nc2c(C(F)(F)F)cccc12. The van der Waals surface area contributed by atoms with Gasteiger partial charge in [0, 0.05) is 17.1 Å². The number of fused-ring (bicyclic) bond motifs is 1. The van der Waals surface area contributed by atoms with Crippen LogP contribution in [0.4, 0.5) is 13.2 Å². The summed E-state index contributed by atoms with van der Waals surface area (Å²) in [6, 6.07) is 19.4. The van der Waals surface area contributed by atoms with Crippen molar-refractivity contribution in [3.8, 4) is 11.3 Å². The van der Waals surface area contributed by atoms with Gasteiger partial charge in [0.1, 0.15) is 6.10 Å². The Labute approximate surface area is 159 Å². The zero-order valence-corrected chi connectivity index (χ0v) is 14.6. The Morgan fingerprint density at radius 1 is 0.857 bits per heavy atom. The summed E-state index contributed by atoms with van der Waals surface area (Å²) in [5.41, 5.74) is 0.671. The Balaban J connectivity index is 2.02. The van der Waals surface area contributed by atoms with Gasteiger partial charge in [-0.2, -0.15) is 13.2 Å². The number of hydrogen-bond donors (Lipinski definition) is 1. The maximum Gasteiger partial charge on any atom is 0.418 e. The van der Waals surface area contributed by atoms with Crippen molar-refractivity contribution in [3.05, 3.63) is 95.8 Å². The minimum Gasteiger partial charge on any atom is -0.382 e. The van der Waals surface area contributed by atoms with Crippen LogP contribution < -0.4 is 0 Å². The van der Waals surface area contributed by atoms with Gasteiger partial charge in [-0.05, 0) is 29.8 Å². The average Bonchev–Trinajstić information content (AvgIpc) is 2.72. The van der Waals surface area contributed by atoms with Crippen LogP contribution in [0.15, 0.2) is 79.0 Å². The van der Waals surface area contributed by atoms with E-state index >= 15 is 0 Å². The van der Waals surface area contributed by atoms with Crippen molar-refractivity contribution in [1.29, 1.82) is 0 Å². The number of benzene rings is 2. The Bertz CT molecular complexity index is 1110. The molecule has 1 unspecified atom stereocenters. The van der Waals surface area contributed by atoms with Crippen LogP contribution in [0.2, 0.25) is 0 Å². The van der Waals surface area contributed by atoms with E-state index in [1.807, 2.05) is 6.07 Å². The molecule has 0 spiro atoms. The van der Waals surface area contributed by atoms with Gasteiger partial charge in [-0.15, -0.1) is 0 Å². The van der Waals surface area contributed by atoms with E-state index in [9.17, 15) is 18.3 Å². The molecule has 1 N–H and O–H groups in total. The van der Waals surface area contributed by atoms with Gasteiger partial charge < -0.3 is 5.11 Å². The van der Waals surface area contributed by atoms with Crippen LogP contribution >= 0.6 is 0 Å². The van der Waals surface area contributed by atoms with Crippen molar-refractivity contribution in [1.82, 2.24) is 9.97 Å². The van der Waals surface area contributed by atoms with Gasteiger partial charge in [-0.25, -0.2) is 4.98 Å². The number of para-hydroxylation sites is 1. The molecule has 6 heteroatoms. The lowest BCUT2D eigenvalue weighted by atomic mass is 9.96. The Morgan fingerprint density at radius 3 is 2.29 bits per heavy atom. The van der Waals surface area contributed by atoms with Crippen LogP contribution in [0, 0.1) is 0 Å². The lowest BCUT2D eigenvalue weighted by Gasteiger charge is -2.17. The van der Waals surface area contributed by atoms with Gasteiger partial charge in [0.2, 0.25) is 0 Å². The molecule has 2 heterocycles. The summed E-state index contributed by atoms with van der Waals surface area (Å²) in [5.74, 6) is 0. The van der Waals surface area contributed by atoms with Crippen molar-refractivity contribution in [2.75, 3.05) is 0 Å². The molecule has 0 aliphatic carbocycles. The van der Waals surface area contributed by atoms with Crippen molar-refractivity contribution in [2.24, 2.45) is 0 Å². The third kappa shape index (κ3) is 3.34. The molecule has 1 atom stereocenters. The zero-order valence-electron chi connectivity index (χ0n) is 14.6. The molecular weight excluding hydrogens is 365 g/mol. The topological polar surface area (TPSA) is 46.0 Å². The summed E-state index contributed by atoms with van der Waals surface area (Å²) in [5, 5.41) is 11.1. The van der Waals surface area contributed by atoms with E-state index in [2.05, 4.69) is 9.97 Å². The molecule has 4 rings (SSSR count). The lowest BCUT2D eigenvalue weighted by Crippen LogP contribution is -2.09. The van der Waals surface area contributed by atoms with Crippen molar-refractivity contribution >= 4 is 10.9 Å². The first-order chi connectivity index (χ1) is 13.4. The fourth-order valence-electron chi connectivity index (χ4n) is 3.18. The molecule has 0 saturated carbocycles. The van der Waals surface area contributed by atoms with Gasteiger partial charge >= 0.3 is 6.18 Å². The maximum atomic E-state index is 13.6.